The summed E-state index contributed by atoms with van der Waals surface area (Å²) in [5, 5.41) is 0. The topological polar surface area (TPSA) is 65.1 Å². The van der Waals surface area contributed by atoms with Gasteiger partial charge in [0.25, 0.3) is 0 Å². The van der Waals surface area contributed by atoms with Crippen molar-refractivity contribution in [2.75, 3.05) is 32.9 Å². The van der Waals surface area contributed by atoms with Gasteiger partial charge in [-0.05, 0) is 57.4 Å². The van der Waals surface area contributed by atoms with Gasteiger partial charge in [-0.25, -0.2) is 0 Å². The van der Waals surface area contributed by atoms with Gasteiger partial charge in [0, 0.05) is 19.5 Å². The van der Waals surface area contributed by atoms with Gasteiger partial charge in [-0.1, -0.05) is 0 Å². The number of esters is 1. The molecule has 1 aliphatic heterocycles. The van der Waals surface area contributed by atoms with E-state index in [0.717, 1.165) is 24.3 Å². The molecule has 0 aliphatic carbocycles. The van der Waals surface area contributed by atoms with Crippen molar-refractivity contribution in [2.24, 2.45) is 5.92 Å². The number of hydrogen-bond donors (Lipinski definition) is 0. The Balaban J connectivity index is 1.68. The van der Waals surface area contributed by atoms with Crippen LogP contribution in [-0.2, 0) is 14.3 Å². The van der Waals surface area contributed by atoms with E-state index in [0.29, 0.717) is 45.8 Å². The maximum atomic E-state index is 12.4. The Hall–Kier alpha value is -2.24. The summed E-state index contributed by atoms with van der Waals surface area (Å²) < 4.78 is 16.1. The van der Waals surface area contributed by atoms with Gasteiger partial charge in [0.15, 0.2) is 0 Å². The summed E-state index contributed by atoms with van der Waals surface area (Å²) in [7, 11) is 0. The minimum atomic E-state index is -0.191. The molecule has 6 nitrogen and oxygen atoms in total. The fraction of sp³-hybridized carbons (Fsp3) is 0.600. The molecule has 144 valence electrons. The molecule has 2 rings (SSSR count). The van der Waals surface area contributed by atoms with Crippen LogP contribution in [0.15, 0.2) is 24.3 Å². The molecule has 26 heavy (non-hydrogen) atoms. The monoisotopic (exact) mass is 363 g/mol. The Morgan fingerprint density at radius 1 is 1.08 bits per heavy atom. The highest BCUT2D eigenvalue weighted by Crippen LogP contribution is 2.20. The largest absolute Gasteiger partial charge is 0.494 e. The average molecular weight is 363 g/mol. The van der Waals surface area contributed by atoms with E-state index in [1.54, 1.807) is 11.8 Å². The summed E-state index contributed by atoms with van der Waals surface area (Å²) >= 11 is 0. The third kappa shape index (κ3) is 6.24. The van der Waals surface area contributed by atoms with Gasteiger partial charge in [-0.3, -0.25) is 9.59 Å². The first-order chi connectivity index (χ1) is 12.6. The highest BCUT2D eigenvalue weighted by Gasteiger charge is 2.28. The number of rotatable bonds is 9. The van der Waals surface area contributed by atoms with Crippen molar-refractivity contribution in [3.8, 4) is 11.5 Å². The second-order valence-electron chi connectivity index (χ2n) is 6.29. The summed E-state index contributed by atoms with van der Waals surface area (Å²) in [6.45, 7) is 6.43. The molecule has 1 aromatic carbocycles. The van der Waals surface area contributed by atoms with Crippen LogP contribution in [0.4, 0.5) is 0 Å². The van der Waals surface area contributed by atoms with Crippen LogP contribution < -0.4 is 9.47 Å². The van der Waals surface area contributed by atoms with Gasteiger partial charge in [0.2, 0.25) is 5.91 Å². The molecular weight excluding hydrogens is 334 g/mol. The number of amides is 1. The molecule has 1 aromatic rings. The fourth-order valence-corrected chi connectivity index (χ4v) is 3.03. The lowest BCUT2D eigenvalue weighted by Gasteiger charge is -2.31. The van der Waals surface area contributed by atoms with Gasteiger partial charge in [-0.15, -0.1) is 0 Å². The molecule has 1 atom stereocenters. The molecule has 0 bridgehead atoms. The van der Waals surface area contributed by atoms with Gasteiger partial charge in [0.05, 0.1) is 25.7 Å². The number of carbonyl (C=O) groups excluding carboxylic acids is 2. The van der Waals surface area contributed by atoms with Crippen LogP contribution in [0.25, 0.3) is 0 Å². The summed E-state index contributed by atoms with van der Waals surface area (Å²) in [6.07, 6.45) is 2.71. The van der Waals surface area contributed by atoms with Crippen molar-refractivity contribution >= 4 is 11.9 Å². The van der Waals surface area contributed by atoms with E-state index in [1.165, 1.54) is 0 Å². The average Bonchev–Trinajstić information content (AvgIpc) is 2.67. The van der Waals surface area contributed by atoms with E-state index < -0.39 is 0 Å². The standard InChI is InChI=1S/C20H29NO5/c1-3-24-17-9-11-18(12-10-17)26-14-6-8-19(22)21-13-5-7-16(15-21)20(23)25-4-2/h9-12,16H,3-8,13-15H2,1-2H3. The van der Waals surface area contributed by atoms with E-state index in [-0.39, 0.29) is 17.8 Å². The van der Waals surface area contributed by atoms with Gasteiger partial charge in [-0.2, -0.15) is 0 Å². The minimum absolute atomic E-state index is 0.0780. The van der Waals surface area contributed by atoms with Crippen LogP contribution in [0.2, 0.25) is 0 Å². The van der Waals surface area contributed by atoms with E-state index in [9.17, 15) is 9.59 Å². The van der Waals surface area contributed by atoms with Crippen molar-refractivity contribution in [3.63, 3.8) is 0 Å². The molecule has 0 N–H and O–H groups in total. The molecule has 1 unspecified atom stereocenters. The molecule has 6 heteroatoms. The van der Waals surface area contributed by atoms with E-state index in [1.807, 2.05) is 31.2 Å². The molecule has 0 aromatic heterocycles. The van der Waals surface area contributed by atoms with Crippen molar-refractivity contribution < 1.29 is 23.8 Å². The van der Waals surface area contributed by atoms with Crippen LogP contribution in [-0.4, -0.2) is 49.7 Å². The van der Waals surface area contributed by atoms with Gasteiger partial charge in [0.1, 0.15) is 11.5 Å². The number of likely N-dealkylation sites (tertiary alicyclic amines) is 1. The van der Waals surface area contributed by atoms with Gasteiger partial charge >= 0.3 is 5.97 Å². The van der Waals surface area contributed by atoms with E-state index in [2.05, 4.69) is 0 Å². The van der Waals surface area contributed by atoms with Crippen LogP contribution in [0.1, 0.15) is 39.5 Å². The molecule has 0 spiro atoms. The Bertz CT molecular complexity index is 572. The fourth-order valence-electron chi connectivity index (χ4n) is 3.03. The van der Waals surface area contributed by atoms with Crippen LogP contribution >= 0.6 is 0 Å². The maximum Gasteiger partial charge on any atom is 0.310 e. The normalized spacial score (nSPS) is 16.8. The second kappa shape index (κ2) is 10.7. The smallest absolute Gasteiger partial charge is 0.310 e. The maximum absolute atomic E-state index is 12.4. The number of carbonyl (C=O) groups is 2. The quantitative estimate of drug-likeness (QED) is 0.498. The molecule has 0 saturated carbocycles. The van der Waals surface area contributed by atoms with Crippen molar-refractivity contribution in [3.05, 3.63) is 24.3 Å². The zero-order chi connectivity index (χ0) is 18.8. The first kappa shape index (κ1) is 20.1. The summed E-state index contributed by atoms with van der Waals surface area (Å²) in [5.41, 5.74) is 0. The highest BCUT2D eigenvalue weighted by atomic mass is 16.5. The Morgan fingerprint density at radius 3 is 2.42 bits per heavy atom. The lowest BCUT2D eigenvalue weighted by atomic mass is 9.98. The van der Waals surface area contributed by atoms with Crippen molar-refractivity contribution in [1.82, 2.24) is 4.90 Å². The molecule has 1 aliphatic rings. The first-order valence-corrected chi connectivity index (χ1v) is 9.44. The number of piperidine rings is 1. The zero-order valence-corrected chi connectivity index (χ0v) is 15.7. The number of ether oxygens (including phenoxy) is 3. The third-order valence-electron chi connectivity index (χ3n) is 4.33. The van der Waals surface area contributed by atoms with E-state index >= 15 is 0 Å². The first-order valence-electron chi connectivity index (χ1n) is 9.44. The summed E-state index contributed by atoms with van der Waals surface area (Å²) in [5.74, 6) is 1.28. The predicted octanol–water partition coefficient (Wildman–Crippen LogP) is 3.05. The Kier molecular flexibility index (Phi) is 8.25. The lowest BCUT2D eigenvalue weighted by molar-refractivity contribution is -0.151. The number of benzene rings is 1. The number of nitrogens with zero attached hydrogens (tertiary/aromatic N) is 1. The summed E-state index contributed by atoms with van der Waals surface area (Å²) in [6, 6.07) is 7.46. The zero-order valence-electron chi connectivity index (χ0n) is 15.7. The second-order valence-corrected chi connectivity index (χ2v) is 6.29. The molecule has 0 radical (unpaired) electrons. The molecule has 1 saturated heterocycles. The third-order valence-corrected chi connectivity index (χ3v) is 4.33. The van der Waals surface area contributed by atoms with Crippen LogP contribution in [0.3, 0.4) is 0 Å². The molecule has 1 heterocycles. The Morgan fingerprint density at radius 2 is 1.77 bits per heavy atom. The Labute approximate surface area is 155 Å². The molecule has 1 fully saturated rings. The lowest BCUT2D eigenvalue weighted by Crippen LogP contribution is -2.42. The summed E-state index contributed by atoms with van der Waals surface area (Å²) in [4.78, 5) is 26.0. The number of hydrogen-bond acceptors (Lipinski definition) is 5. The predicted molar refractivity (Wildman–Crippen MR) is 98.3 cm³/mol. The minimum Gasteiger partial charge on any atom is -0.494 e. The van der Waals surface area contributed by atoms with Crippen LogP contribution in [0, 0.1) is 5.92 Å². The molecule has 1 amide bonds. The SMILES string of the molecule is CCOC(=O)C1CCCN(C(=O)CCCOc2ccc(OCC)cc2)C1. The van der Waals surface area contributed by atoms with Crippen molar-refractivity contribution in [1.29, 1.82) is 0 Å². The van der Waals surface area contributed by atoms with Gasteiger partial charge < -0.3 is 19.1 Å². The molecular formula is C20H29NO5. The van der Waals surface area contributed by atoms with Crippen molar-refractivity contribution in [2.45, 2.75) is 39.5 Å². The van der Waals surface area contributed by atoms with Crippen LogP contribution in [0.5, 0.6) is 11.5 Å². The van der Waals surface area contributed by atoms with E-state index in [4.69, 9.17) is 14.2 Å². The highest BCUT2D eigenvalue weighted by molar-refractivity contribution is 5.78.